The van der Waals surface area contributed by atoms with Crippen molar-refractivity contribution >= 4 is 15.7 Å². The van der Waals surface area contributed by atoms with Crippen molar-refractivity contribution < 1.29 is 13.2 Å². The maximum Gasteiger partial charge on any atom is 0.256 e. The van der Waals surface area contributed by atoms with E-state index < -0.39 is 9.84 Å². The van der Waals surface area contributed by atoms with Gasteiger partial charge < -0.3 is 9.47 Å². The molecule has 1 aliphatic heterocycles. The molecule has 1 amide bonds. The lowest BCUT2D eigenvalue weighted by Gasteiger charge is -2.44. The first-order chi connectivity index (χ1) is 18.5. The van der Waals surface area contributed by atoms with E-state index in [1.165, 1.54) is 6.26 Å². The molecule has 8 nitrogen and oxygen atoms in total. The van der Waals surface area contributed by atoms with Crippen LogP contribution in [0, 0.1) is 29.6 Å². The number of aromatic nitrogens is 3. The molecular weight excluding hydrogens is 510 g/mol. The average molecular weight is 542 g/mol. The third-order valence-electron chi connectivity index (χ3n) is 9.50. The molecule has 4 saturated carbocycles. The third kappa shape index (κ3) is 3.68. The van der Waals surface area contributed by atoms with Crippen LogP contribution in [-0.4, -0.2) is 46.1 Å². The number of aryl methyl sites for hydroxylation is 1. The molecule has 5 aliphatic rings. The summed E-state index contributed by atoms with van der Waals surface area (Å²) in [7, 11) is -3.64. The van der Waals surface area contributed by atoms with Crippen LogP contribution >= 0.6 is 0 Å². The van der Waals surface area contributed by atoms with Crippen LogP contribution in [0.25, 0.3) is 22.6 Å². The molecule has 3 aromatic rings. The Hall–Kier alpha value is -3.51. The Balaban J connectivity index is 1.30. The number of nitriles is 1. The summed E-state index contributed by atoms with van der Waals surface area (Å²) in [6.45, 7) is 4.46. The molecule has 0 radical (unpaired) electrons. The monoisotopic (exact) mass is 541 g/mol. The van der Waals surface area contributed by atoms with Crippen molar-refractivity contribution in [2.75, 3.05) is 6.26 Å². The fourth-order valence-electron chi connectivity index (χ4n) is 7.29. The van der Waals surface area contributed by atoms with Gasteiger partial charge in [-0.15, -0.1) is 0 Å². The van der Waals surface area contributed by atoms with E-state index in [-0.39, 0.29) is 27.8 Å². The van der Waals surface area contributed by atoms with Gasteiger partial charge in [-0.3, -0.25) is 9.78 Å². The van der Waals surface area contributed by atoms with Crippen LogP contribution in [0.1, 0.15) is 67.1 Å². The number of sulfone groups is 1. The molecule has 2 bridgehead atoms. The smallest absolute Gasteiger partial charge is 0.256 e. The van der Waals surface area contributed by atoms with Crippen LogP contribution in [-0.2, 0) is 21.9 Å². The summed E-state index contributed by atoms with van der Waals surface area (Å²) in [5, 5.41) is 9.66. The molecule has 4 fully saturated rings. The SMILES string of the molecule is Cc1cn(C23CCC(C#N)(C2)C3)c(-c2cc(-c3cc4c(c(S(C)(=O)=O)c3)C(=O)N([C@@H](C)C3CC3)C4)ccn2)n1. The zero-order chi connectivity index (χ0) is 27.3. The quantitative estimate of drug-likeness (QED) is 0.440. The number of carbonyl (C=O) groups is 1. The van der Waals surface area contributed by atoms with Crippen LogP contribution in [0.5, 0.6) is 0 Å². The lowest BCUT2D eigenvalue weighted by atomic mass is 9.66. The average Bonchev–Trinajstić information content (AvgIpc) is 3.24. The van der Waals surface area contributed by atoms with Crippen molar-refractivity contribution in [3.8, 4) is 28.7 Å². The Labute approximate surface area is 228 Å². The van der Waals surface area contributed by atoms with Crippen LogP contribution in [0.15, 0.2) is 41.6 Å². The third-order valence-corrected chi connectivity index (χ3v) is 10.6. The second-order valence-corrected chi connectivity index (χ2v) is 14.3. The highest BCUT2D eigenvalue weighted by atomic mass is 32.2. The molecule has 1 aromatic carbocycles. The van der Waals surface area contributed by atoms with E-state index in [1.54, 1.807) is 12.3 Å². The van der Waals surface area contributed by atoms with Crippen molar-refractivity contribution in [1.82, 2.24) is 19.4 Å². The highest BCUT2D eigenvalue weighted by Crippen LogP contribution is 2.65. The number of rotatable bonds is 6. The van der Waals surface area contributed by atoms with Gasteiger partial charge in [0.2, 0.25) is 0 Å². The number of pyridine rings is 1. The zero-order valence-electron chi connectivity index (χ0n) is 22.4. The van der Waals surface area contributed by atoms with Gasteiger partial charge in [0, 0.05) is 36.8 Å². The number of amides is 1. The summed E-state index contributed by atoms with van der Waals surface area (Å²) >= 11 is 0. The lowest BCUT2D eigenvalue weighted by Crippen LogP contribution is -2.44. The second-order valence-electron chi connectivity index (χ2n) is 12.3. The number of hydrogen-bond acceptors (Lipinski definition) is 6. The largest absolute Gasteiger partial charge is 0.331 e. The van der Waals surface area contributed by atoms with Crippen LogP contribution in [0.3, 0.4) is 0 Å². The number of benzene rings is 1. The van der Waals surface area contributed by atoms with Gasteiger partial charge >= 0.3 is 0 Å². The molecular formula is C30H31N5O3S. The summed E-state index contributed by atoms with van der Waals surface area (Å²) in [6.07, 6.45) is 10.7. The molecule has 3 heterocycles. The Kier molecular flexibility index (Phi) is 5.04. The standard InChI is InChI=1S/C30H31N5O3S/c1-18-13-35(30-8-7-29(15-30,16-30)17-31)27(33-18)24-11-21(6-9-32-24)22-10-23-14-34(19(2)20-4-5-20)28(36)26(23)25(12-22)39(3,37)38/h6,9-13,19-20H,4-5,7-8,14-16H2,1-3H3/t19-,29?,30?/m0/s1. The molecule has 0 N–H and O–H groups in total. The molecule has 200 valence electrons. The van der Waals surface area contributed by atoms with Gasteiger partial charge in [0.15, 0.2) is 15.7 Å². The molecule has 0 saturated heterocycles. The summed E-state index contributed by atoms with van der Waals surface area (Å²) in [5.74, 6) is 1.08. The van der Waals surface area contributed by atoms with Gasteiger partial charge in [-0.2, -0.15) is 5.26 Å². The lowest BCUT2D eigenvalue weighted by molar-refractivity contribution is 0.0694. The molecule has 4 aliphatic carbocycles. The summed E-state index contributed by atoms with van der Waals surface area (Å²) in [4.78, 5) is 24.8. The van der Waals surface area contributed by atoms with Crippen molar-refractivity contribution in [2.24, 2.45) is 11.3 Å². The topological polar surface area (TPSA) is 109 Å². The zero-order valence-corrected chi connectivity index (χ0v) is 23.3. The van der Waals surface area contributed by atoms with Crippen LogP contribution in [0.2, 0.25) is 0 Å². The van der Waals surface area contributed by atoms with Gasteiger partial charge in [-0.1, -0.05) is 0 Å². The Bertz CT molecular complexity index is 1710. The van der Waals surface area contributed by atoms with E-state index in [0.717, 1.165) is 66.7 Å². The molecule has 1 atom stereocenters. The maximum absolute atomic E-state index is 13.4. The highest BCUT2D eigenvalue weighted by molar-refractivity contribution is 7.90. The first-order valence-electron chi connectivity index (χ1n) is 13.7. The second kappa shape index (κ2) is 8.01. The minimum absolute atomic E-state index is 0.0911. The fourth-order valence-corrected chi connectivity index (χ4v) is 8.22. The maximum atomic E-state index is 13.4. The van der Waals surface area contributed by atoms with Crippen molar-refractivity contribution in [3.63, 3.8) is 0 Å². The molecule has 0 unspecified atom stereocenters. The van der Waals surface area contributed by atoms with E-state index >= 15 is 0 Å². The van der Waals surface area contributed by atoms with Crippen LogP contribution < -0.4 is 0 Å². The Morgan fingerprint density at radius 3 is 2.59 bits per heavy atom. The first kappa shape index (κ1) is 24.5. The number of hydrogen-bond donors (Lipinski definition) is 0. The number of fused-ring (bicyclic) bond motifs is 2. The van der Waals surface area contributed by atoms with E-state index in [2.05, 4.69) is 28.7 Å². The minimum Gasteiger partial charge on any atom is -0.331 e. The van der Waals surface area contributed by atoms with Crippen molar-refractivity contribution in [1.29, 1.82) is 5.26 Å². The summed E-state index contributed by atoms with van der Waals surface area (Å²) in [6, 6.07) is 10.0. The van der Waals surface area contributed by atoms with Crippen LogP contribution in [0.4, 0.5) is 0 Å². The molecule has 39 heavy (non-hydrogen) atoms. The fraction of sp³-hybridized carbons (Fsp3) is 0.467. The number of nitrogens with zero attached hydrogens (tertiary/aromatic N) is 5. The summed E-state index contributed by atoms with van der Waals surface area (Å²) in [5.41, 5.74) is 3.94. The van der Waals surface area contributed by atoms with Crippen molar-refractivity contribution in [3.05, 3.63) is 53.5 Å². The molecule has 8 rings (SSSR count). The predicted octanol–water partition coefficient (Wildman–Crippen LogP) is 4.87. The molecule has 2 aromatic heterocycles. The van der Waals surface area contributed by atoms with Crippen molar-refractivity contribution in [2.45, 2.75) is 75.4 Å². The molecule has 0 spiro atoms. The Morgan fingerprint density at radius 2 is 1.92 bits per heavy atom. The van der Waals surface area contributed by atoms with Gasteiger partial charge in [-0.25, -0.2) is 13.4 Å². The highest BCUT2D eigenvalue weighted by Gasteiger charge is 2.62. The molecule has 9 heteroatoms. The van der Waals surface area contributed by atoms with E-state index in [1.807, 2.05) is 30.0 Å². The first-order valence-corrected chi connectivity index (χ1v) is 15.5. The number of imidazole rings is 1. The minimum atomic E-state index is -3.64. The number of carbonyl (C=O) groups excluding carboxylic acids is 1. The van der Waals surface area contributed by atoms with Gasteiger partial charge in [0.25, 0.3) is 5.91 Å². The normalized spacial score (nSPS) is 26.3. The van der Waals surface area contributed by atoms with Gasteiger partial charge in [0.05, 0.1) is 27.6 Å². The van der Waals surface area contributed by atoms with Gasteiger partial charge in [-0.05, 0) is 99.2 Å². The Morgan fingerprint density at radius 1 is 1.15 bits per heavy atom. The van der Waals surface area contributed by atoms with E-state index in [0.29, 0.717) is 23.7 Å². The summed E-state index contributed by atoms with van der Waals surface area (Å²) < 4.78 is 28.0. The van der Waals surface area contributed by atoms with Gasteiger partial charge in [0.1, 0.15) is 5.69 Å². The van der Waals surface area contributed by atoms with E-state index in [4.69, 9.17) is 4.98 Å². The van der Waals surface area contributed by atoms with E-state index in [9.17, 15) is 18.5 Å². The predicted molar refractivity (Wildman–Crippen MR) is 145 cm³/mol.